The van der Waals surface area contributed by atoms with E-state index in [9.17, 15) is 23.5 Å². The van der Waals surface area contributed by atoms with Gasteiger partial charge in [-0.3, -0.25) is 14.3 Å². The molecule has 2 atom stereocenters. The number of anilines is 2. The van der Waals surface area contributed by atoms with Gasteiger partial charge in [0.1, 0.15) is 0 Å². The van der Waals surface area contributed by atoms with Crippen molar-refractivity contribution in [3.63, 3.8) is 0 Å². The number of likely N-dealkylation sites (tertiary alicyclic amines) is 1. The van der Waals surface area contributed by atoms with Gasteiger partial charge in [-0.05, 0) is 12.5 Å². The van der Waals surface area contributed by atoms with Gasteiger partial charge >= 0.3 is 0 Å². The number of likely N-dealkylation sites (N-methyl/N-ethyl adjacent to an activating group) is 1. The van der Waals surface area contributed by atoms with Crippen molar-refractivity contribution in [2.24, 2.45) is 5.92 Å². The number of halogens is 2. The number of alkyl halides is 2. The Kier molecular flexibility index (Phi) is 6.75. The molecule has 2 aromatic heterocycles. The van der Waals surface area contributed by atoms with E-state index in [0.717, 1.165) is 4.90 Å². The number of fused-ring (bicyclic) bond motifs is 1. The van der Waals surface area contributed by atoms with Crippen molar-refractivity contribution in [3.8, 4) is 0 Å². The number of aliphatic hydroxyl groups is 1. The van der Waals surface area contributed by atoms with Crippen molar-refractivity contribution >= 4 is 23.3 Å². The molecule has 2 N–H and O–H groups in total. The number of hydrogen-bond acceptors (Lipinski definition) is 8. The number of carbonyl (C=O) groups is 2. The van der Waals surface area contributed by atoms with Crippen LogP contribution in [0.1, 0.15) is 22.5 Å². The van der Waals surface area contributed by atoms with Gasteiger partial charge < -0.3 is 25.0 Å². The van der Waals surface area contributed by atoms with Crippen LogP contribution in [0.25, 0.3) is 0 Å². The minimum absolute atomic E-state index is 0.0544. The summed E-state index contributed by atoms with van der Waals surface area (Å²) in [7, 11) is 3.18. The summed E-state index contributed by atoms with van der Waals surface area (Å²) in [5, 5.41) is 20.3. The molecule has 184 valence electrons. The molecule has 2 amide bonds. The highest BCUT2D eigenvalue weighted by atomic mass is 19.3. The average molecular weight is 479 g/mol. The first-order valence-corrected chi connectivity index (χ1v) is 10.9. The highest BCUT2D eigenvalue weighted by Gasteiger charge is 2.46. The first-order valence-electron chi connectivity index (χ1n) is 10.9. The molecule has 2 aliphatic rings. The summed E-state index contributed by atoms with van der Waals surface area (Å²) < 4.78 is 36.2. The van der Waals surface area contributed by atoms with E-state index >= 15 is 0 Å². The molecule has 11 nitrogen and oxygen atoms in total. The summed E-state index contributed by atoms with van der Waals surface area (Å²) in [5.74, 6) is -4.44. The van der Waals surface area contributed by atoms with Gasteiger partial charge in [-0.15, -0.1) is 5.10 Å². The number of nitrogens with one attached hydrogen (secondary N) is 1. The zero-order valence-electron chi connectivity index (χ0n) is 18.9. The Labute approximate surface area is 194 Å². The molecule has 1 fully saturated rings. The van der Waals surface area contributed by atoms with Crippen LogP contribution in [0.4, 0.5) is 20.3 Å². The number of carbonyl (C=O) groups excluding carboxylic acids is 2. The second-order valence-electron chi connectivity index (χ2n) is 8.72. The van der Waals surface area contributed by atoms with Gasteiger partial charge in [0.15, 0.2) is 5.82 Å². The number of ether oxygens (including phenoxy) is 1. The van der Waals surface area contributed by atoms with E-state index in [1.165, 1.54) is 30.3 Å². The number of aliphatic hydroxyl groups excluding tert-OH is 1. The standard InChI is InChI=1S/C21H27F2N7O4/c1-28-10-18(32)25-17-5-13(7-24-19(17)28)20(33)29-4-3-14(21(22,23)12-29)8-30-9-15(26-27-30)6-16(31)11-34-2/h5,7,9,14,16,31H,3-4,6,8,10-12H2,1-2H3,(H,25,32)/t14?,16-/m0/s1. The third kappa shape index (κ3) is 5.14. The maximum Gasteiger partial charge on any atom is 0.269 e. The summed E-state index contributed by atoms with van der Waals surface area (Å²) >= 11 is 0. The molecular formula is C21H27F2N7O4. The van der Waals surface area contributed by atoms with Gasteiger partial charge in [0.25, 0.3) is 11.8 Å². The quantitative estimate of drug-likeness (QED) is 0.585. The van der Waals surface area contributed by atoms with Gasteiger partial charge in [0.05, 0.1) is 49.3 Å². The molecule has 4 heterocycles. The van der Waals surface area contributed by atoms with Crippen LogP contribution in [0.3, 0.4) is 0 Å². The Bertz CT molecular complexity index is 1060. The predicted molar refractivity (Wildman–Crippen MR) is 117 cm³/mol. The Hall–Kier alpha value is -3.19. The third-order valence-corrected chi connectivity index (χ3v) is 5.96. The summed E-state index contributed by atoms with van der Waals surface area (Å²) in [4.78, 5) is 31.7. The minimum atomic E-state index is -3.13. The lowest BCUT2D eigenvalue weighted by atomic mass is 9.92. The first-order chi connectivity index (χ1) is 16.2. The normalized spacial score (nSPS) is 20.6. The van der Waals surface area contributed by atoms with E-state index in [0.29, 0.717) is 17.2 Å². The van der Waals surface area contributed by atoms with E-state index in [1.807, 2.05) is 0 Å². The van der Waals surface area contributed by atoms with E-state index in [1.54, 1.807) is 11.9 Å². The van der Waals surface area contributed by atoms with Crippen LogP contribution >= 0.6 is 0 Å². The second-order valence-corrected chi connectivity index (χ2v) is 8.72. The first kappa shape index (κ1) is 24.0. The number of aromatic nitrogens is 4. The van der Waals surface area contributed by atoms with E-state index in [2.05, 4.69) is 20.6 Å². The van der Waals surface area contributed by atoms with Crippen LogP contribution in [-0.4, -0.2) is 94.2 Å². The number of pyridine rings is 1. The fraction of sp³-hybridized carbons (Fsp3) is 0.571. The molecule has 0 bridgehead atoms. The molecule has 2 aromatic rings. The molecule has 0 aliphatic carbocycles. The number of rotatable bonds is 7. The SMILES string of the molecule is COC[C@@H](O)Cc1cn(CC2CCN(C(=O)c3cnc4c(c3)NC(=O)CN4C)CC2(F)F)nn1. The Balaban J connectivity index is 1.39. The molecule has 34 heavy (non-hydrogen) atoms. The van der Waals surface area contributed by atoms with Gasteiger partial charge in [0, 0.05) is 45.4 Å². The van der Waals surface area contributed by atoms with E-state index < -0.39 is 30.4 Å². The Morgan fingerprint density at radius 1 is 1.44 bits per heavy atom. The summed E-state index contributed by atoms with van der Waals surface area (Å²) in [6, 6.07) is 1.47. The topological polar surface area (TPSA) is 126 Å². The molecule has 1 unspecified atom stereocenters. The molecular weight excluding hydrogens is 452 g/mol. The van der Waals surface area contributed by atoms with Crippen LogP contribution in [0, 0.1) is 5.92 Å². The van der Waals surface area contributed by atoms with Gasteiger partial charge in [-0.1, -0.05) is 5.21 Å². The number of nitrogens with zero attached hydrogens (tertiary/aromatic N) is 6. The molecule has 0 radical (unpaired) electrons. The highest BCUT2D eigenvalue weighted by molar-refractivity contribution is 6.02. The van der Waals surface area contributed by atoms with Crippen LogP contribution in [0.2, 0.25) is 0 Å². The van der Waals surface area contributed by atoms with Crippen LogP contribution in [-0.2, 0) is 22.5 Å². The predicted octanol–water partition coefficient (Wildman–Crippen LogP) is 0.409. The fourth-order valence-corrected chi connectivity index (χ4v) is 4.26. The summed E-state index contributed by atoms with van der Waals surface area (Å²) in [5.41, 5.74) is 1.00. The van der Waals surface area contributed by atoms with Crippen molar-refractivity contribution < 1.29 is 28.2 Å². The van der Waals surface area contributed by atoms with Crippen molar-refractivity contribution in [1.29, 1.82) is 0 Å². The van der Waals surface area contributed by atoms with E-state index in [4.69, 9.17) is 4.74 Å². The van der Waals surface area contributed by atoms with Gasteiger partial charge in [-0.25, -0.2) is 13.8 Å². The summed E-state index contributed by atoms with van der Waals surface area (Å²) in [6.45, 7) is -0.347. The maximum atomic E-state index is 15.0. The smallest absolute Gasteiger partial charge is 0.269 e. The molecule has 2 aliphatic heterocycles. The molecule has 0 spiro atoms. The molecule has 0 saturated carbocycles. The van der Waals surface area contributed by atoms with Crippen LogP contribution < -0.4 is 10.2 Å². The van der Waals surface area contributed by atoms with Crippen molar-refractivity contribution in [3.05, 3.63) is 29.7 Å². The largest absolute Gasteiger partial charge is 0.390 e. The average Bonchev–Trinajstić information content (AvgIpc) is 3.20. The van der Waals surface area contributed by atoms with E-state index in [-0.39, 0.29) is 50.6 Å². The van der Waals surface area contributed by atoms with Crippen LogP contribution in [0.5, 0.6) is 0 Å². The summed E-state index contributed by atoms with van der Waals surface area (Å²) in [6.07, 6.45) is 2.42. The monoisotopic (exact) mass is 479 g/mol. The van der Waals surface area contributed by atoms with Gasteiger partial charge in [-0.2, -0.15) is 0 Å². The number of piperidine rings is 1. The van der Waals surface area contributed by atoms with Gasteiger partial charge in [0.2, 0.25) is 5.91 Å². The second kappa shape index (κ2) is 9.58. The van der Waals surface area contributed by atoms with Crippen molar-refractivity contribution in [1.82, 2.24) is 24.9 Å². The van der Waals surface area contributed by atoms with Crippen molar-refractivity contribution in [2.45, 2.75) is 31.4 Å². The van der Waals surface area contributed by atoms with Crippen molar-refractivity contribution in [2.75, 3.05) is 50.6 Å². The Morgan fingerprint density at radius 2 is 2.24 bits per heavy atom. The lowest BCUT2D eigenvalue weighted by Crippen LogP contribution is -2.51. The zero-order valence-corrected chi connectivity index (χ0v) is 18.9. The van der Waals surface area contributed by atoms with Crippen LogP contribution in [0.15, 0.2) is 18.5 Å². The molecule has 4 rings (SSSR count). The maximum absolute atomic E-state index is 15.0. The molecule has 1 saturated heterocycles. The molecule has 0 aromatic carbocycles. The lowest BCUT2D eigenvalue weighted by molar-refractivity contribution is -0.115. The molecule has 13 heteroatoms. The minimum Gasteiger partial charge on any atom is -0.390 e. The third-order valence-electron chi connectivity index (χ3n) is 5.96. The lowest BCUT2D eigenvalue weighted by Gasteiger charge is -2.38. The fourth-order valence-electron chi connectivity index (χ4n) is 4.26. The number of hydrogen-bond donors (Lipinski definition) is 2. The highest BCUT2D eigenvalue weighted by Crippen LogP contribution is 2.35. The number of amides is 2. The number of methoxy groups -OCH3 is 1. The zero-order chi connectivity index (χ0) is 24.5. The Morgan fingerprint density at radius 3 is 2.97 bits per heavy atom.